The predicted octanol–water partition coefficient (Wildman–Crippen LogP) is 3.54. The number of piperazine rings is 1. The zero-order chi connectivity index (χ0) is 18.5. The van der Waals surface area contributed by atoms with Gasteiger partial charge in [-0.1, -0.05) is 48.0 Å². The van der Waals surface area contributed by atoms with E-state index in [0.717, 1.165) is 24.2 Å². The van der Waals surface area contributed by atoms with Gasteiger partial charge in [0.15, 0.2) is 0 Å². The summed E-state index contributed by atoms with van der Waals surface area (Å²) < 4.78 is 13.1. The fraction of sp³-hybridized carbons (Fsp3) is 0.350. The van der Waals surface area contributed by atoms with Crippen molar-refractivity contribution in [1.82, 2.24) is 9.80 Å². The van der Waals surface area contributed by atoms with Crippen molar-refractivity contribution in [3.8, 4) is 0 Å². The van der Waals surface area contributed by atoms with Gasteiger partial charge in [-0.05, 0) is 29.7 Å². The Labute approximate surface area is 182 Å². The zero-order valence-electron chi connectivity index (χ0n) is 15.4. The van der Waals surface area contributed by atoms with Crippen LogP contribution in [0.5, 0.6) is 0 Å². The second-order valence-corrected chi connectivity index (χ2v) is 7.04. The number of rotatable bonds is 5. The molecule has 8 heteroatoms. The number of carbonyl (C=O) groups excluding carboxylic acids is 1. The van der Waals surface area contributed by atoms with E-state index < -0.39 is 6.04 Å². The summed E-state index contributed by atoms with van der Waals surface area (Å²) in [7, 11) is 0. The quantitative estimate of drug-likeness (QED) is 0.761. The lowest BCUT2D eigenvalue weighted by Crippen LogP contribution is -2.53. The SMILES string of the molecule is Cl.Cl.NC(Cc1ccccc1)C(=O)N1CCN(Cc2ccc(F)cc2Cl)CC1. The molecule has 0 spiro atoms. The van der Waals surface area contributed by atoms with Gasteiger partial charge in [-0.15, -0.1) is 24.8 Å². The second-order valence-electron chi connectivity index (χ2n) is 6.63. The summed E-state index contributed by atoms with van der Waals surface area (Å²) in [6.07, 6.45) is 0.547. The molecule has 2 aromatic carbocycles. The smallest absolute Gasteiger partial charge is 0.239 e. The van der Waals surface area contributed by atoms with Gasteiger partial charge in [-0.25, -0.2) is 4.39 Å². The van der Waals surface area contributed by atoms with Crippen LogP contribution < -0.4 is 5.73 Å². The summed E-state index contributed by atoms with van der Waals surface area (Å²) >= 11 is 6.10. The van der Waals surface area contributed by atoms with Gasteiger partial charge < -0.3 is 10.6 Å². The average Bonchev–Trinajstić information content (AvgIpc) is 2.65. The molecule has 0 bridgehead atoms. The first kappa shape index (κ1) is 24.7. The molecule has 1 atom stereocenters. The van der Waals surface area contributed by atoms with Crippen molar-refractivity contribution < 1.29 is 9.18 Å². The minimum Gasteiger partial charge on any atom is -0.339 e. The van der Waals surface area contributed by atoms with E-state index in [-0.39, 0.29) is 36.5 Å². The minimum atomic E-state index is -0.518. The molecule has 1 saturated heterocycles. The molecule has 1 aliphatic heterocycles. The van der Waals surface area contributed by atoms with Crippen molar-refractivity contribution in [2.75, 3.05) is 26.2 Å². The summed E-state index contributed by atoms with van der Waals surface area (Å²) in [5.41, 5.74) is 8.08. The largest absolute Gasteiger partial charge is 0.339 e. The second kappa shape index (κ2) is 11.6. The average molecular weight is 449 g/mol. The Morgan fingerprint density at radius 2 is 1.71 bits per heavy atom. The molecule has 1 amide bonds. The fourth-order valence-electron chi connectivity index (χ4n) is 3.21. The van der Waals surface area contributed by atoms with E-state index in [1.54, 1.807) is 6.07 Å². The van der Waals surface area contributed by atoms with Crippen LogP contribution in [0.25, 0.3) is 0 Å². The molecule has 1 fully saturated rings. The molecule has 2 N–H and O–H groups in total. The van der Waals surface area contributed by atoms with Crippen molar-refractivity contribution in [2.45, 2.75) is 19.0 Å². The molecule has 154 valence electrons. The van der Waals surface area contributed by atoms with Gasteiger partial charge in [0.05, 0.1) is 6.04 Å². The fourth-order valence-corrected chi connectivity index (χ4v) is 3.43. The number of carbonyl (C=O) groups is 1. The summed E-state index contributed by atoms with van der Waals surface area (Å²) in [5.74, 6) is -0.338. The van der Waals surface area contributed by atoms with Crippen LogP contribution in [0.4, 0.5) is 4.39 Å². The summed E-state index contributed by atoms with van der Waals surface area (Å²) in [5, 5.41) is 0.438. The van der Waals surface area contributed by atoms with Crippen molar-refractivity contribution in [1.29, 1.82) is 0 Å². The van der Waals surface area contributed by atoms with E-state index in [1.807, 2.05) is 35.2 Å². The van der Waals surface area contributed by atoms with Crippen LogP contribution in [0.1, 0.15) is 11.1 Å². The highest BCUT2D eigenvalue weighted by Crippen LogP contribution is 2.20. The third-order valence-corrected chi connectivity index (χ3v) is 5.06. The Kier molecular flexibility index (Phi) is 10.2. The lowest BCUT2D eigenvalue weighted by Gasteiger charge is -2.36. The van der Waals surface area contributed by atoms with Gasteiger partial charge in [0.2, 0.25) is 5.91 Å². The maximum Gasteiger partial charge on any atom is 0.239 e. The van der Waals surface area contributed by atoms with E-state index >= 15 is 0 Å². The van der Waals surface area contributed by atoms with Gasteiger partial charge in [0, 0.05) is 37.7 Å². The third-order valence-electron chi connectivity index (χ3n) is 4.71. The number of halogens is 4. The van der Waals surface area contributed by atoms with Crippen molar-refractivity contribution >= 4 is 42.3 Å². The monoisotopic (exact) mass is 447 g/mol. The number of hydrogen-bond acceptors (Lipinski definition) is 3. The van der Waals surface area contributed by atoms with E-state index in [1.165, 1.54) is 12.1 Å². The van der Waals surface area contributed by atoms with Crippen LogP contribution in [-0.4, -0.2) is 47.9 Å². The van der Waals surface area contributed by atoms with Crippen LogP contribution in [0, 0.1) is 5.82 Å². The molecule has 0 aromatic heterocycles. The van der Waals surface area contributed by atoms with E-state index in [4.69, 9.17) is 17.3 Å². The van der Waals surface area contributed by atoms with Crippen LogP contribution in [0.2, 0.25) is 5.02 Å². The molecule has 4 nitrogen and oxygen atoms in total. The molecular formula is C20H25Cl3FN3O. The lowest BCUT2D eigenvalue weighted by molar-refractivity contribution is -0.134. The summed E-state index contributed by atoms with van der Waals surface area (Å²) in [6, 6.07) is 13.8. The van der Waals surface area contributed by atoms with Crippen molar-refractivity contribution in [3.05, 3.63) is 70.5 Å². The third kappa shape index (κ3) is 6.61. The Bertz CT molecular complexity index is 756. The number of amides is 1. The maximum atomic E-state index is 13.1. The van der Waals surface area contributed by atoms with Gasteiger partial charge in [-0.2, -0.15) is 0 Å². The summed E-state index contributed by atoms with van der Waals surface area (Å²) in [4.78, 5) is 16.6. The molecule has 1 heterocycles. The topological polar surface area (TPSA) is 49.6 Å². The molecule has 1 aliphatic rings. The van der Waals surface area contributed by atoms with E-state index in [9.17, 15) is 9.18 Å². The Morgan fingerprint density at radius 3 is 2.32 bits per heavy atom. The first-order valence-electron chi connectivity index (χ1n) is 8.77. The van der Waals surface area contributed by atoms with Crippen LogP contribution in [-0.2, 0) is 17.8 Å². The van der Waals surface area contributed by atoms with Crippen LogP contribution in [0.3, 0.4) is 0 Å². The number of benzene rings is 2. The first-order chi connectivity index (χ1) is 12.5. The Morgan fingerprint density at radius 1 is 1.07 bits per heavy atom. The van der Waals surface area contributed by atoms with E-state index in [2.05, 4.69) is 4.90 Å². The van der Waals surface area contributed by atoms with Gasteiger partial charge in [0.1, 0.15) is 5.82 Å². The number of nitrogens with zero attached hydrogens (tertiary/aromatic N) is 2. The molecule has 2 aromatic rings. The predicted molar refractivity (Wildman–Crippen MR) is 116 cm³/mol. The summed E-state index contributed by atoms with van der Waals surface area (Å²) in [6.45, 7) is 3.42. The molecule has 0 radical (unpaired) electrons. The van der Waals surface area contributed by atoms with Gasteiger partial charge in [0.25, 0.3) is 0 Å². The molecule has 1 unspecified atom stereocenters. The molecule has 28 heavy (non-hydrogen) atoms. The lowest BCUT2D eigenvalue weighted by atomic mass is 10.1. The van der Waals surface area contributed by atoms with Crippen molar-refractivity contribution in [2.24, 2.45) is 5.73 Å². The highest BCUT2D eigenvalue weighted by atomic mass is 35.5. The first-order valence-corrected chi connectivity index (χ1v) is 9.15. The zero-order valence-corrected chi connectivity index (χ0v) is 17.8. The Hall–Kier alpha value is -1.37. The van der Waals surface area contributed by atoms with Crippen LogP contribution >= 0.6 is 36.4 Å². The van der Waals surface area contributed by atoms with Crippen molar-refractivity contribution in [3.63, 3.8) is 0 Å². The maximum absolute atomic E-state index is 13.1. The molecule has 0 aliphatic carbocycles. The molecule has 3 rings (SSSR count). The highest BCUT2D eigenvalue weighted by molar-refractivity contribution is 6.31. The number of hydrogen-bond donors (Lipinski definition) is 1. The van der Waals surface area contributed by atoms with Gasteiger partial charge in [-0.3, -0.25) is 9.69 Å². The Balaban J connectivity index is 0.00000196. The van der Waals surface area contributed by atoms with Gasteiger partial charge >= 0.3 is 0 Å². The normalized spacial score (nSPS) is 15.3. The molecular weight excluding hydrogens is 424 g/mol. The highest BCUT2D eigenvalue weighted by Gasteiger charge is 2.25. The molecule has 0 saturated carbocycles. The standard InChI is InChI=1S/C20H23ClFN3O.2ClH/c21-18-13-17(22)7-6-16(18)14-24-8-10-25(11-9-24)20(26)19(23)12-15-4-2-1-3-5-15;;/h1-7,13,19H,8-12,14,23H2;2*1H. The van der Waals surface area contributed by atoms with Crippen LogP contribution in [0.15, 0.2) is 48.5 Å². The number of nitrogens with two attached hydrogens (primary N) is 1. The van der Waals surface area contributed by atoms with E-state index in [0.29, 0.717) is 31.1 Å². The minimum absolute atomic E-state index is 0.